The van der Waals surface area contributed by atoms with E-state index < -0.39 is 15.9 Å². The number of hydrogen-bond acceptors (Lipinski definition) is 5. The fourth-order valence-electron chi connectivity index (χ4n) is 3.09. The lowest BCUT2D eigenvalue weighted by Gasteiger charge is -2.25. The number of sulfone groups is 1. The molecule has 2 aromatic rings. The second-order valence-corrected chi connectivity index (χ2v) is 9.56. The molecule has 8 heteroatoms. The average molecular weight is 367 g/mol. The highest BCUT2D eigenvalue weighted by Gasteiger charge is 2.33. The number of aromatic nitrogens is 1. The molecule has 24 heavy (non-hydrogen) atoms. The summed E-state index contributed by atoms with van der Waals surface area (Å²) in [4.78, 5) is 19.0. The molecule has 2 heterocycles. The maximum absolute atomic E-state index is 12.5. The molecule has 0 bridgehead atoms. The molecule has 130 valence electrons. The summed E-state index contributed by atoms with van der Waals surface area (Å²) in [5, 5.41) is 3.74. The lowest BCUT2D eigenvalue weighted by Crippen LogP contribution is -2.45. The number of para-hydroxylation sites is 1. The van der Waals surface area contributed by atoms with Gasteiger partial charge in [-0.25, -0.2) is 18.2 Å². The topological polar surface area (TPSA) is 79.4 Å². The smallest absolute Gasteiger partial charge is 0.318 e. The van der Waals surface area contributed by atoms with Gasteiger partial charge in [-0.1, -0.05) is 12.1 Å². The second kappa shape index (κ2) is 6.68. The maximum atomic E-state index is 12.5. The van der Waals surface area contributed by atoms with Gasteiger partial charge >= 0.3 is 6.03 Å². The van der Waals surface area contributed by atoms with Crippen molar-refractivity contribution in [2.45, 2.75) is 31.8 Å². The van der Waals surface area contributed by atoms with E-state index in [0.717, 1.165) is 28.1 Å². The van der Waals surface area contributed by atoms with Crippen molar-refractivity contribution in [1.29, 1.82) is 0 Å². The van der Waals surface area contributed by atoms with E-state index in [-0.39, 0.29) is 17.8 Å². The first-order valence-corrected chi connectivity index (χ1v) is 10.8. The van der Waals surface area contributed by atoms with Crippen molar-refractivity contribution in [3.05, 3.63) is 29.3 Å². The SMILES string of the molecule is CC(CS(C)(=O)=O)NC(=O)N1CCCC1c1nc2ccccc2s1. The summed E-state index contributed by atoms with van der Waals surface area (Å²) in [7, 11) is -3.12. The second-order valence-electron chi connectivity index (χ2n) is 6.31. The van der Waals surface area contributed by atoms with E-state index in [9.17, 15) is 13.2 Å². The zero-order valence-corrected chi connectivity index (χ0v) is 15.4. The van der Waals surface area contributed by atoms with Crippen LogP contribution >= 0.6 is 11.3 Å². The van der Waals surface area contributed by atoms with Crippen LogP contribution in [0.2, 0.25) is 0 Å². The minimum Gasteiger partial charge on any atom is -0.334 e. The number of carbonyl (C=O) groups is 1. The van der Waals surface area contributed by atoms with Crippen LogP contribution in [-0.2, 0) is 9.84 Å². The number of urea groups is 1. The molecule has 0 radical (unpaired) electrons. The predicted molar refractivity (Wildman–Crippen MR) is 96.0 cm³/mol. The molecule has 1 N–H and O–H groups in total. The third kappa shape index (κ3) is 3.87. The van der Waals surface area contributed by atoms with Gasteiger partial charge in [0.25, 0.3) is 0 Å². The van der Waals surface area contributed by atoms with Gasteiger partial charge in [0.15, 0.2) is 0 Å². The molecule has 1 aromatic carbocycles. The van der Waals surface area contributed by atoms with Crippen LogP contribution < -0.4 is 5.32 Å². The molecule has 1 aliphatic rings. The molecule has 1 aromatic heterocycles. The number of rotatable bonds is 4. The molecule has 2 atom stereocenters. The van der Waals surface area contributed by atoms with E-state index in [1.165, 1.54) is 6.26 Å². The maximum Gasteiger partial charge on any atom is 0.318 e. The Morgan fingerprint density at radius 1 is 1.46 bits per heavy atom. The van der Waals surface area contributed by atoms with Crippen LogP contribution in [0.1, 0.15) is 30.8 Å². The van der Waals surface area contributed by atoms with Gasteiger partial charge < -0.3 is 10.2 Å². The Kier molecular flexibility index (Phi) is 4.78. The van der Waals surface area contributed by atoms with Crippen molar-refractivity contribution in [3.8, 4) is 0 Å². The molecule has 2 unspecified atom stereocenters. The molecular formula is C16H21N3O3S2. The molecule has 3 rings (SSSR count). The number of nitrogens with one attached hydrogen (secondary N) is 1. The molecule has 1 saturated heterocycles. The van der Waals surface area contributed by atoms with Crippen LogP contribution in [0.3, 0.4) is 0 Å². The number of carbonyl (C=O) groups excluding carboxylic acids is 1. The largest absolute Gasteiger partial charge is 0.334 e. The van der Waals surface area contributed by atoms with Crippen LogP contribution in [0.15, 0.2) is 24.3 Å². The minimum absolute atomic E-state index is 0.0344. The number of thiazole rings is 1. The Morgan fingerprint density at radius 2 is 2.21 bits per heavy atom. The van der Waals surface area contributed by atoms with E-state index in [1.807, 2.05) is 24.3 Å². The normalized spacial score (nSPS) is 19.6. The highest BCUT2D eigenvalue weighted by atomic mass is 32.2. The fraction of sp³-hybridized carbons (Fsp3) is 0.500. The number of benzene rings is 1. The number of nitrogens with zero attached hydrogens (tertiary/aromatic N) is 2. The third-order valence-corrected chi connectivity index (χ3v) is 6.27. The van der Waals surface area contributed by atoms with E-state index in [2.05, 4.69) is 10.3 Å². The zero-order valence-electron chi connectivity index (χ0n) is 13.7. The Morgan fingerprint density at radius 3 is 2.92 bits per heavy atom. The summed E-state index contributed by atoms with van der Waals surface area (Å²) in [5.41, 5.74) is 0.954. The third-order valence-electron chi connectivity index (χ3n) is 4.03. The van der Waals surface area contributed by atoms with Gasteiger partial charge in [-0.05, 0) is 31.9 Å². The van der Waals surface area contributed by atoms with Gasteiger partial charge in [0.1, 0.15) is 14.8 Å². The highest BCUT2D eigenvalue weighted by Crippen LogP contribution is 2.36. The molecule has 1 aliphatic heterocycles. The molecule has 6 nitrogen and oxygen atoms in total. The molecule has 0 aliphatic carbocycles. The predicted octanol–water partition coefficient (Wildman–Crippen LogP) is 2.58. The van der Waals surface area contributed by atoms with E-state index >= 15 is 0 Å². The van der Waals surface area contributed by atoms with E-state index in [4.69, 9.17) is 0 Å². The number of amides is 2. The zero-order chi connectivity index (χ0) is 17.3. The van der Waals surface area contributed by atoms with Gasteiger partial charge in [0.2, 0.25) is 0 Å². The van der Waals surface area contributed by atoms with Gasteiger partial charge in [-0.2, -0.15) is 0 Å². The summed E-state index contributed by atoms with van der Waals surface area (Å²) in [6.45, 7) is 2.37. The summed E-state index contributed by atoms with van der Waals surface area (Å²) < 4.78 is 23.8. The first-order chi connectivity index (χ1) is 11.3. The van der Waals surface area contributed by atoms with Crippen molar-refractivity contribution in [3.63, 3.8) is 0 Å². The number of fused-ring (bicyclic) bond motifs is 1. The van der Waals surface area contributed by atoms with E-state index in [1.54, 1.807) is 23.2 Å². The van der Waals surface area contributed by atoms with Gasteiger partial charge in [-0.3, -0.25) is 0 Å². The van der Waals surface area contributed by atoms with Crippen molar-refractivity contribution >= 4 is 37.4 Å². The average Bonchev–Trinajstić information content (AvgIpc) is 3.11. The summed E-state index contributed by atoms with van der Waals surface area (Å²) in [5.74, 6) is -0.0572. The lowest BCUT2D eigenvalue weighted by atomic mass is 10.2. The Hall–Kier alpha value is -1.67. The standard InChI is InChI=1S/C16H21N3O3S2/c1-11(10-24(2,21)22)17-16(20)19-9-5-7-13(19)15-18-12-6-3-4-8-14(12)23-15/h3-4,6,8,11,13H,5,7,9-10H2,1-2H3,(H,17,20). The van der Waals surface area contributed by atoms with Crippen molar-refractivity contribution in [2.24, 2.45) is 0 Å². The molecule has 1 fully saturated rings. The van der Waals surface area contributed by atoms with E-state index in [0.29, 0.717) is 6.54 Å². The number of hydrogen-bond donors (Lipinski definition) is 1. The van der Waals surface area contributed by atoms with Crippen LogP contribution in [0.25, 0.3) is 10.2 Å². The van der Waals surface area contributed by atoms with Gasteiger partial charge in [0, 0.05) is 18.8 Å². The Labute approximate surface area is 145 Å². The van der Waals surface area contributed by atoms with Crippen LogP contribution in [0.4, 0.5) is 4.79 Å². The lowest BCUT2D eigenvalue weighted by molar-refractivity contribution is 0.190. The summed E-state index contributed by atoms with van der Waals surface area (Å²) in [6.07, 6.45) is 2.98. The fourth-order valence-corrected chi connectivity index (χ4v) is 5.20. The van der Waals surface area contributed by atoms with Gasteiger partial charge in [0.05, 0.1) is 22.0 Å². The van der Waals surface area contributed by atoms with Crippen molar-refractivity contribution < 1.29 is 13.2 Å². The van der Waals surface area contributed by atoms with Crippen molar-refractivity contribution in [1.82, 2.24) is 15.2 Å². The first kappa shape index (κ1) is 17.2. The van der Waals surface area contributed by atoms with Crippen molar-refractivity contribution in [2.75, 3.05) is 18.6 Å². The summed E-state index contributed by atoms with van der Waals surface area (Å²) >= 11 is 1.62. The molecule has 0 spiro atoms. The monoisotopic (exact) mass is 367 g/mol. The van der Waals surface area contributed by atoms with Crippen LogP contribution in [-0.4, -0.2) is 48.9 Å². The quantitative estimate of drug-likeness (QED) is 0.901. The molecule has 2 amide bonds. The minimum atomic E-state index is -3.12. The molecule has 0 saturated carbocycles. The highest BCUT2D eigenvalue weighted by molar-refractivity contribution is 7.90. The van der Waals surface area contributed by atoms with Gasteiger partial charge in [-0.15, -0.1) is 11.3 Å². The Balaban J connectivity index is 1.74. The van der Waals surface area contributed by atoms with Crippen LogP contribution in [0, 0.1) is 0 Å². The molecular weight excluding hydrogens is 346 g/mol. The first-order valence-electron chi connectivity index (χ1n) is 7.94. The summed E-state index contributed by atoms with van der Waals surface area (Å²) in [6, 6.07) is 7.28. The number of likely N-dealkylation sites (tertiary alicyclic amines) is 1. The Bertz CT molecular complexity index is 814. The van der Waals surface area contributed by atoms with Crippen LogP contribution in [0.5, 0.6) is 0 Å².